The Morgan fingerprint density at radius 3 is 1.35 bits per heavy atom. The van der Waals surface area contributed by atoms with Crippen LogP contribution in [0.1, 0.15) is 143 Å². The van der Waals surface area contributed by atoms with Crippen LogP contribution in [0.2, 0.25) is 0 Å². The van der Waals surface area contributed by atoms with Crippen molar-refractivity contribution in [3.8, 4) is 34.5 Å². The van der Waals surface area contributed by atoms with E-state index in [9.17, 15) is 14.4 Å². The van der Waals surface area contributed by atoms with Crippen LogP contribution in [0.3, 0.4) is 0 Å². The third-order valence-electron chi connectivity index (χ3n) is 19.0. The fraction of sp³-hybridized carbons (Fsp3) is 0.472. The van der Waals surface area contributed by atoms with Crippen LogP contribution >= 0.6 is 0 Å². The summed E-state index contributed by atoms with van der Waals surface area (Å²) in [6.07, 6.45) is 17.8. The molecule has 0 spiro atoms. The number of carbonyl (C=O) groups excluding carboxylic acids is 3. The lowest BCUT2D eigenvalue weighted by molar-refractivity contribution is -0.105. The summed E-state index contributed by atoms with van der Waals surface area (Å²) in [6.45, 7) is 17.2. The second-order valence-corrected chi connectivity index (χ2v) is 26.9. The van der Waals surface area contributed by atoms with Crippen molar-refractivity contribution < 1.29 is 99.6 Å². The van der Waals surface area contributed by atoms with E-state index in [0.29, 0.717) is 131 Å². The molecule has 6 aromatic carbocycles. The summed E-state index contributed by atoms with van der Waals surface area (Å²) in [4.78, 5) is 40.2. The highest BCUT2D eigenvalue weighted by molar-refractivity contribution is 5.96. The van der Waals surface area contributed by atoms with Gasteiger partial charge in [-0.05, 0) is 144 Å². The van der Waals surface area contributed by atoms with Crippen molar-refractivity contribution in [1.29, 1.82) is 0 Å². The normalized spacial score (nSPS) is 18.6. The topological polar surface area (TPSA) is 217 Å². The zero-order valence-corrected chi connectivity index (χ0v) is 66.6. The molecule has 0 aromatic heterocycles. The SMILES string of the molecule is C=CCc1cccc(OC)c1C(=O)OC(CCOCc1ccc(OC)cc1)C[C@@H](OCOC)[C@@H](C)CC=C.COCO[C@@H]1C[C@H](CCOCc2ccc(OC)cc2)OC(=O)c2c(cccc2OC)C/C=C/C[C@@H]1C.COCO[C@@H]1C[C@H](CCOCc2ccc(OC)cc2)OC(=O)c2c(cccc2OC)C/C=C\C[C@@H]1C. The lowest BCUT2D eigenvalue weighted by Crippen LogP contribution is -2.32. The zero-order valence-electron chi connectivity index (χ0n) is 66.6. The molecule has 6 aromatic rings. The van der Waals surface area contributed by atoms with Crippen LogP contribution in [0.25, 0.3) is 0 Å². The van der Waals surface area contributed by atoms with Gasteiger partial charge in [0.15, 0.2) is 0 Å². The summed E-state index contributed by atoms with van der Waals surface area (Å²) in [6, 6.07) is 40.0. The minimum Gasteiger partial charge on any atom is -0.497 e. The average Bonchev–Trinajstić information content (AvgIpc) is 0.832. The molecule has 21 heteroatoms. The minimum absolute atomic E-state index is 0.134. The van der Waals surface area contributed by atoms with Crippen molar-refractivity contribution in [1.82, 2.24) is 0 Å². The Kier molecular flexibility index (Phi) is 42.2. The molecule has 0 bridgehead atoms. The molecule has 2 aliphatic heterocycles. The van der Waals surface area contributed by atoms with Crippen LogP contribution in [0.15, 0.2) is 177 Å². The molecular formula is C89H118O21. The van der Waals surface area contributed by atoms with E-state index in [1.807, 2.05) is 115 Å². The number of fused-ring (bicyclic) bond motifs is 2. The monoisotopic (exact) mass is 1520 g/mol. The molecule has 2 aliphatic rings. The lowest BCUT2D eigenvalue weighted by atomic mass is 9.93. The molecule has 0 radical (unpaired) electrons. The van der Waals surface area contributed by atoms with Crippen LogP contribution < -0.4 is 28.4 Å². The number of rotatable bonds is 39. The van der Waals surface area contributed by atoms with Gasteiger partial charge >= 0.3 is 17.9 Å². The molecule has 8 rings (SSSR count). The van der Waals surface area contributed by atoms with Gasteiger partial charge in [-0.2, -0.15) is 0 Å². The number of cyclic esters (lactones) is 2. The maximum absolute atomic E-state index is 13.5. The van der Waals surface area contributed by atoms with Gasteiger partial charge in [0.2, 0.25) is 0 Å². The van der Waals surface area contributed by atoms with Crippen LogP contribution in [0.5, 0.6) is 34.5 Å². The number of benzene rings is 6. The number of allylic oxidation sites excluding steroid dienone is 6. The van der Waals surface area contributed by atoms with Gasteiger partial charge in [-0.1, -0.05) is 130 Å². The Bertz CT molecular complexity index is 3530. The van der Waals surface area contributed by atoms with Crippen molar-refractivity contribution in [3.63, 3.8) is 0 Å². The molecule has 9 atom stereocenters. The van der Waals surface area contributed by atoms with Gasteiger partial charge in [-0.15, -0.1) is 13.2 Å². The van der Waals surface area contributed by atoms with E-state index in [0.717, 1.165) is 69.9 Å². The van der Waals surface area contributed by atoms with Gasteiger partial charge in [0.05, 0.1) is 101 Å². The van der Waals surface area contributed by atoms with Crippen molar-refractivity contribution in [3.05, 3.63) is 227 Å². The lowest BCUT2D eigenvalue weighted by Gasteiger charge is -2.28. The molecule has 600 valence electrons. The molecule has 1 unspecified atom stereocenters. The third-order valence-corrected chi connectivity index (χ3v) is 19.0. The summed E-state index contributed by atoms with van der Waals surface area (Å²) in [5.41, 5.74) is 7.03. The molecule has 0 saturated heterocycles. The highest BCUT2D eigenvalue weighted by Crippen LogP contribution is 2.33. The first-order valence-corrected chi connectivity index (χ1v) is 37.6. The van der Waals surface area contributed by atoms with Gasteiger partial charge in [0, 0.05) is 59.9 Å². The standard InChI is InChI=1S/C31H42O7.2C29H38O7/c1-7-10-23(3)29(37-22-33-4)20-27(18-19-36-21-24-14-16-26(34-5)17-15-24)38-31(32)30-25(11-8-2)12-9-13-28(30)35-6;2*1-21-8-5-6-9-23-10-7-11-26(33-4)28(23)29(30)36-25(18-27(21)35-20-31-2)16-17-34-19-22-12-14-24(32-3)15-13-22/h7-9,12-17,23,27,29H,1-2,10-11,18-22H2,3-6H3;2*5-7,10-15,21,25,27H,8-9,16-20H2,1-4H3/b;6-5+;6-5-/t23-,27?,29+;2*21-,25-,27+/m000/s1. The first-order valence-electron chi connectivity index (χ1n) is 37.6. The van der Waals surface area contributed by atoms with Gasteiger partial charge < -0.3 is 85.3 Å². The van der Waals surface area contributed by atoms with Crippen LogP contribution in [0, 0.1) is 17.8 Å². The number of hydrogen-bond acceptors (Lipinski definition) is 21. The van der Waals surface area contributed by atoms with Crippen LogP contribution in [-0.2, 0) is 95.9 Å². The van der Waals surface area contributed by atoms with Crippen molar-refractivity contribution >= 4 is 17.9 Å². The van der Waals surface area contributed by atoms with Gasteiger partial charge in [-0.25, -0.2) is 14.4 Å². The van der Waals surface area contributed by atoms with Crippen LogP contribution in [-0.4, -0.2) is 159 Å². The maximum atomic E-state index is 13.5. The number of esters is 3. The van der Waals surface area contributed by atoms with Crippen molar-refractivity contribution in [2.24, 2.45) is 17.8 Å². The summed E-state index contributed by atoms with van der Waals surface area (Å²) < 4.78 is 102. The molecule has 0 N–H and O–H groups in total. The Morgan fingerprint density at radius 1 is 0.509 bits per heavy atom. The quantitative estimate of drug-likeness (QED) is 0.0115. The summed E-state index contributed by atoms with van der Waals surface area (Å²) in [5, 5.41) is 0. The first-order chi connectivity index (χ1) is 53.6. The Morgan fingerprint density at radius 2 is 0.936 bits per heavy atom. The van der Waals surface area contributed by atoms with E-state index < -0.39 is 24.0 Å². The molecule has 110 heavy (non-hydrogen) atoms. The number of ether oxygens (including phenoxy) is 18. The predicted molar refractivity (Wildman–Crippen MR) is 424 cm³/mol. The Labute approximate surface area is 652 Å². The maximum Gasteiger partial charge on any atom is 0.342 e. The average molecular weight is 1520 g/mol. The van der Waals surface area contributed by atoms with E-state index in [1.165, 1.54) is 0 Å². The largest absolute Gasteiger partial charge is 0.497 e. The fourth-order valence-electron chi connectivity index (χ4n) is 12.7. The number of hydrogen-bond donors (Lipinski definition) is 0. The predicted octanol–water partition coefficient (Wildman–Crippen LogP) is 16.9. The number of methoxy groups -OCH3 is 9. The highest BCUT2D eigenvalue weighted by Gasteiger charge is 2.32. The summed E-state index contributed by atoms with van der Waals surface area (Å²) in [7, 11) is 14.4. The van der Waals surface area contributed by atoms with Crippen LogP contribution in [0.4, 0.5) is 0 Å². The van der Waals surface area contributed by atoms with Crippen molar-refractivity contribution in [2.75, 3.05) is 104 Å². The molecule has 2 heterocycles. The smallest absolute Gasteiger partial charge is 0.342 e. The van der Waals surface area contributed by atoms with E-state index >= 15 is 0 Å². The number of carbonyl (C=O) groups is 3. The minimum atomic E-state index is -0.450. The molecule has 0 amide bonds. The Hall–Kier alpha value is -8.87. The highest BCUT2D eigenvalue weighted by atomic mass is 16.7. The van der Waals surface area contributed by atoms with E-state index in [-0.39, 0.29) is 68.7 Å². The fourth-order valence-corrected chi connectivity index (χ4v) is 12.7. The second kappa shape index (κ2) is 51.6. The third kappa shape index (κ3) is 30.8. The molecular weight excluding hydrogens is 1400 g/mol. The van der Waals surface area contributed by atoms with E-state index in [2.05, 4.69) is 58.2 Å². The molecule has 0 fully saturated rings. The second-order valence-electron chi connectivity index (χ2n) is 26.9. The summed E-state index contributed by atoms with van der Waals surface area (Å²) in [5.74, 6) is 3.28. The van der Waals surface area contributed by atoms with E-state index in [4.69, 9.17) is 85.3 Å². The molecule has 0 saturated carbocycles. The summed E-state index contributed by atoms with van der Waals surface area (Å²) >= 11 is 0. The first kappa shape index (κ1) is 90.0. The van der Waals surface area contributed by atoms with Gasteiger partial charge in [0.1, 0.15) is 89.9 Å². The van der Waals surface area contributed by atoms with Gasteiger partial charge in [-0.3, -0.25) is 0 Å². The van der Waals surface area contributed by atoms with Crippen molar-refractivity contribution in [2.45, 2.75) is 154 Å². The molecule has 21 nitrogen and oxygen atoms in total. The van der Waals surface area contributed by atoms with E-state index in [1.54, 1.807) is 88.3 Å². The zero-order chi connectivity index (χ0) is 79.3. The molecule has 0 aliphatic carbocycles. The van der Waals surface area contributed by atoms with Gasteiger partial charge in [0.25, 0.3) is 0 Å². The Balaban J connectivity index is 0.000000258.